The maximum Gasteiger partial charge on any atom is 0.310 e. The monoisotopic (exact) mass is 285 g/mol. The minimum atomic E-state index is -0.789. The van der Waals surface area contributed by atoms with Crippen molar-refractivity contribution in [1.29, 1.82) is 0 Å². The predicted molar refractivity (Wildman–Crippen MR) is 77.9 cm³/mol. The summed E-state index contributed by atoms with van der Waals surface area (Å²) in [6.45, 7) is 2.85. The smallest absolute Gasteiger partial charge is 0.310 e. The molecule has 1 aliphatic carbocycles. The molecule has 0 atom stereocenters. The van der Waals surface area contributed by atoms with Gasteiger partial charge in [-0.2, -0.15) is 5.10 Å². The molecule has 1 aromatic heterocycles. The normalized spacial score (nSPS) is 15.9. The minimum Gasteiger partial charge on any atom is -0.481 e. The molecule has 0 saturated carbocycles. The van der Waals surface area contributed by atoms with Crippen molar-refractivity contribution in [2.75, 3.05) is 0 Å². The number of hydrogen-bond donors (Lipinski definition) is 1. The van der Waals surface area contributed by atoms with Gasteiger partial charge < -0.3 is 5.11 Å². The van der Waals surface area contributed by atoms with E-state index in [0.717, 1.165) is 29.9 Å². The summed E-state index contributed by atoms with van der Waals surface area (Å²) in [5, 5.41) is 14.0. The van der Waals surface area contributed by atoms with Gasteiger partial charge in [0.2, 0.25) is 0 Å². The summed E-state index contributed by atoms with van der Waals surface area (Å²) < 4.78 is 1.83. The van der Waals surface area contributed by atoms with Crippen molar-refractivity contribution < 1.29 is 9.90 Å². The third kappa shape index (κ3) is 2.44. The molecule has 0 fully saturated rings. The molecule has 0 unspecified atom stereocenters. The van der Waals surface area contributed by atoms with Crippen LogP contribution < -0.4 is 0 Å². The third-order valence-corrected chi connectivity index (χ3v) is 4.26. The van der Waals surface area contributed by atoms with Gasteiger partial charge in [-0.3, -0.25) is 9.48 Å². The van der Waals surface area contributed by atoms with Gasteiger partial charge in [-0.1, -0.05) is 31.2 Å². The number of rotatable bonds is 5. The van der Waals surface area contributed by atoms with E-state index in [1.807, 2.05) is 28.9 Å². The lowest BCUT2D eigenvalue weighted by Gasteiger charge is -2.23. The van der Waals surface area contributed by atoms with E-state index in [-0.39, 0.29) is 0 Å². The fourth-order valence-electron chi connectivity index (χ4n) is 3.17. The number of nitrogens with zero attached hydrogens (tertiary/aromatic N) is 3. The molecule has 0 amide bonds. The second-order valence-corrected chi connectivity index (χ2v) is 5.78. The first-order valence-electron chi connectivity index (χ1n) is 7.31. The Morgan fingerprint density at radius 2 is 2.00 bits per heavy atom. The van der Waals surface area contributed by atoms with E-state index >= 15 is 0 Å². The molecule has 0 bridgehead atoms. The van der Waals surface area contributed by atoms with E-state index in [4.69, 9.17) is 0 Å². The second kappa shape index (κ2) is 5.31. The molecule has 110 valence electrons. The molecule has 5 heteroatoms. The molecule has 21 heavy (non-hydrogen) atoms. The van der Waals surface area contributed by atoms with Crippen LogP contribution >= 0.6 is 0 Å². The summed E-state index contributed by atoms with van der Waals surface area (Å²) in [7, 11) is 0. The average Bonchev–Trinajstić information content (AvgIpc) is 3.04. The Morgan fingerprint density at radius 3 is 2.57 bits per heavy atom. The van der Waals surface area contributed by atoms with Crippen LogP contribution in [0.2, 0.25) is 0 Å². The lowest BCUT2D eigenvalue weighted by Crippen LogP contribution is -2.35. The molecule has 1 heterocycles. The zero-order valence-electron chi connectivity index (χ0n) is 12.1. The Morgan fingerprint density at radius 1 is 1.33 bits per heavy atom. The molecule has 1 N–H and O–H groups in total. The number of carboxylic acids is 1. The van der Waals surface area contributed by atoms with E-state index in [1.165, 1.54) is 6.33 Å². The number of aromatic nitrogens is 3. The number of carbonyl (C=O) groups is 1. The fourth-order valence-corrected chi connectivity index (χ4v) is 3.17. The van der Waals surface area contributed by atoms with Gasteiger partial charge in [-0.25, -0.2) is 4.98 Å². The molecule has 2 aromatic rings. The highest BCUT2D eigenvalue weighted by molar-refractivity contribution is 5.77. The van der Waals surface area contributed by atoms with E-state index in [9.17, 15) is 9.90 Å². The first-order chi connectivity index (χ1) is 10.1. The Bertz CT molecular complexity index is 638. The third-order valence-electron chi connectivity index (χ3n) is 4.26. The molecular formula is C16H19N3O2. The van der Waals surface area contributed by atoms with Crippen LogP contribution in [0.4, 0.5) is 0 Å². The first-order valence-corrected chi connectivity index (χ1v) is 7.31. The summed E-state index contributed by atoms with van der Waals surface area (Å²) in [4.78, 5) is 16.2. The molecule has 1 aliphatic rings. The number of hydrogen-bond acceptors (Lipinski definition) is 3. The van der Waals surface area contributed by atoms with Crippen LogP contribution in [0.5, 0.6) is 0 Å². The van der Waals surface area contributed by atoms with Crippen molar-refractivity contribution in [3.63, 3.8) is 0 Å². The molecule has 0 spiro atoms. The van der Waals surface area contributed by atoms with Crippen molar-refractivity contribution in [3.8, 4) is 0 Å². The summed E-state index contributed by atoms with van der Waals surface area (Å²) in [6, 6.07) is 7.99. The topological polar surface area (TPSA) is 68.0 Å². The molecule has 0 radical (unpaired) electrons. The Balaban J connectivity index is 1.90. The van der Waals surface area contributed by atoms with Gasteiger partial charge in [0.1, 0.15) is 12.2 Å². The van der Waals surface area contributed by atoms with Crippen molar-refractivity contribution in [1.82, 2.24) is 14.8 Å². The van der Waals surface area contributed by atoms with Crippen molar-refractivity contribution in [3.05, 3.63) is 47.5 Å². The predicted octanol–water partition coefficient (Wildman–Crippen LogP) is 2.10. The SMILES string of the molecule is CCCn1ncnc1CC1(C(=O)O)Cc2ccccc2C1. The maximum absolute atomic E-state index is 11.9. The molecule has 0 saturated heterocycles. The molecular weight excluding hydrogens is 266 g/mol. The summed E-state index contributed by atoms with van der Waals surface area (Å²) in [5.41, 5.74) is 1.49. The van der Waals surface area contributed by atoms with E-state index in [2.05, 4.69) is 17.0 Å². The highest BCUT2D eigenvalue weighted by Gasteiger charge is 2.45. The summed E-state index contributed by atoms with van der Waals surface area (Å²) >= 11 is 0. The van der Waals surface area contributed by atoms with E-state index in [0.29, 0.717) is 19.3 Å². The lowest BCUT2D eigenvalue weighted by molar-refractivity contribution is -0.148. The van der Waals surface area contributed by atoms with Crippen LogP contribution in [0.3, 0.4) is 0 Å². The standard InChI is InChI=1S/C16H19N3O2/c1-2-7-19-14(17-11-18-19)10-16(15(20)21)8-12-5-3-4-6-13(12)9-16/h3-6,11H,2,7-10H2,1H3,(H,20,21). The molecule has 1 aromatic carbocycles. The number of fused-ring (bicyclic) bond motifs is 1. The average molecular weight is 285 g/mol. The number of carboxylic acid groups (broad SMARTS) is 1. The lowest BCUT2D eigenvalue weighted by atomic mass is 9.81. The van der Waals surface area contributed by atoms with Crippen LogP contribution in [0.25, 0.3) is 0 Å². The van der Waals surface area contributed by atoms with Gasteiger partial charge in [-0.05, 0) is 30.4 Å². The minimum absolute atomic E-state index is 0.428. The van der Waals surface area contributed by atoms with Crippen molar-refractivity contribution in [2.24, 2.45) is 5.41 Å². The van der Waals surface area contributed by atoms with Crippen molar-refractivity contribution >= 4 is 5.97 Å². The quantitative estimate of drug-likeness (QED) is 0.913. The van der Waals surface area contributed by atoms with Gasteiger partial charge in [0.05, 0.1) is 5.41 Å². The first kappa shape index (κ1) is 13.8. The van der Waals surface area contributed by atoms with Crippen LogP contribution in [0.1, 0.15) is 30.3 Å². The zero-order chi connectivity index (χ0) is 14.9. The number of aryl methyl sites for hydroxylation is 1. The van der Waals surface area contributed by atoms with E-state index in [1.54, 1.807) is 0 Å². The highest BCUT2D eigenvalue weighted by Crippen LogP contribution is 2.39. The fraction of sp³-hybridized carbons (Fsp3) is 0.438. The number of benzene rings is 1. The highest BCUT2D eigenvalue weighted by atomic mass is 16.4. The van der Waals surface area contributed by atoms with Gasteiger partial charge in [0.25, 0.3) is 0 Å². The van der Waals surface area contributed by atoms with Crippen LogP contribution in [0, 0.1) is 5.41 Å². The number of aliphatic carboxylic acids is 1. The van der Waals surface area contributed by atoms with Gasteiger partial charge in [0, 0.05) is 13.0 Å². The van der Waals surface area contributed by atoms with Crippen molar-refractivity contribution in [2.45, 2.75) is 39.2 Å². The van der Waals surface area contributed by atoms with E-state index < -0.39 is 11.4 Å². The van der Waals surface area contributed by atoms with Crippen LogP contribution in [-0.4, -0.2) is 25.8 Å². The second-order valence-electron chi connectivity index (χ2n) is 5.78. The molecule has 3 rings (SSSR count). The Kier molecular flexibility index (Phi) is 3.49. The molecule has 0 aliphatic heterocycles. The zero-order valence-corrected chi connectivity index (χ0v) is 12.1. The maximum atomic E-state index is 11.9. The van der Waals surface area contributed by atoms with Crippen LogP contribution in [0.15, 0.2) is 30.6 Å². The van der Waals surface area contributed by atoms with Crippen LogP contribution in [-0.2, 0) is 30.6 Å². The van der Waals surface area contributed by atoms with Gasteiger partial charge in [-0.15, -0.1) is 0 Å². The largest absolute Gasteiger partial charge is 0.481 e. The van der Waals surface area contributed by atoms with Gasteiger partial charge >= 0.3 is 5.97 Å². The Labute approximate surface area is 123 Å². The molecule has 5 nitrogen and oxygen atoms in total. The summed E-state index contributed by atoms with van der Waals surface area (Å²) in [6.07, 6.45) is 4.03. The summed E-state index contributed by atoms with van der Waals surface area (Å²) in [5.74, 6) is 0.0248. The Hall–Kier alpha value is -2.17. The van der Waals surface area contributed by atoms with Gasteiger partial charge in [0.15, 0.2) is 0 Å².